The van der Waals surface area contributed by atoms with Crippen molar-refractivity contribution in [3.63, 3.8) is 0 Å². The van der Waals surface area contributed by atoms with E-state index in [9.17, 15) is 28.2 Å². The summed E-state index contributed by atoms with van der Waals surface area (Å²) in [5, 5.41) is 21.6. The van der Waals surface area contributed by atoms with Gasteiger partial charge in [0.05, 0.1) is 6.10 Å². The maximum Gasteiger partial charge on any atom is 0.216 e. The van der Waals surface area contributed by atoms with E-state index in [1.807, 2.05) is 0 Å². The van der Waals surface area contributed by atoms with E-state index in [2.05, 4.69) is 5.32 Å². The van der Waals surface area contributed by atoms with E-state index in [0.717, 1.165) is 6.07 Å². The highest BCUT2D eigenvalue weighted by Crippen LogP contribution is 2.24. The molecule has 4 nitrogen and oxygen atoms in total. The maximum atomic E-state index is 13.4. The molecule has 7 heteroatoms. The number of aliphatic hydroxyl groups excluding tert-OH is 2. The molecule has 0 bridgehead atoms. The Morgan fingerprint density at radius 3 is 2.47 bits per heavy atom. The fourth-order valence-corrected chi connectivity index (χ4v) is 1.53. The molecule has 1 rings (SSSR count). The number of halogens is 3. The number of hydrogen-bond donors (Lipinski definition) is 3. The van der Waals surface area contributed by atoms with Gasteiger partial charge in [-0.15, -0.1) is 0 Å². The summed E-state index contributed by atoms with van der Waals surface area (Å²) in [6.45, 7) is 1.34. The molecular formula is C12H14F3NO3. The molecule has 0 fully saturated rings. The zero-order valence-electron chi connectivity index (χ0n) is 10.2. The summed E-state index contributed by atoms with van der Waals surface area (Å²) < 4.78 is 39.0. The fourth-order valence-electron chi connectivity index (χ4n) is 1.53. The van der Waals surface area contributed by atoms with Gasteiger partial charge < -0.3 is 15.5 Å². The summed E-state index contributed by atoms with van der Waals surface area (Å²) in [7, 11) is 0. The van der Waals surface area contributed by atoms with Crippen LogP contribution in [0.1, 0.15) is 25.0 Å². The first-order valence-electron chi connectivity index (χ1n) is 5.58. The van der Waals surface area contributed by atoms with Gasteiger partial charge in [-0.05, 0) is 12.5 Å². The van der Waals surface area contributed by atoms with Gasteiger partial charge in [0.15, 0.2) is 17.5 Å². The standard InChI is InChI=1S/C12H14F3NO3/c1-6(17)16-5-4-9(18)12(19)7-2-3-8(13)11(15)10(7)14/h2-3,9,12,18-19H,4-5H2,1H3,(H,16,17). The van der Waals surface area contributed by atoms with Gasteiger partial charge in [0, 0.05) is 19.0 Å². The third-order valence-electron chi connectivity index (χ3n) is 2.56. The molecule has 2 unspecified atom stereocenters. The number of carbonyl (C=O) groups is 1. The van der Waals surface area contributed by atoms with E-state index < -0.39 is 35.2 Å². The molecule has 2 atom stereocenters. The van der Waals surface area contributed by atoms with E-state index in [-0.39, 0.29) is 18.9 Å². The van der Waals surface area contributed by atoms with Gasteiger partial charge in [0.25, 0.3) is 0 Å². The number of nitrogens with one attached hydrogen (secondary N) is 1. The normalized spacial score (nSPS) is 14.0. The monoisotopic (exact) mass is 277 g/mol. The van der Waals surface area contributed by atoms with Gasteiger partial charge in [0.1, 0.15) is 6.10 Å². The number of aliphatic hydroxyl groups is 2. The van der Waals surface area contributed by atoms with Crippen molar-refractivity contribution < 1.29 is 28.2 Å². The predicted molar refractivity (Wildman–Crippen MR) is 60.6 cm³/mol. The second kappa shape index (κ2) is 6.53. The molecule has 3 N–H and O–H groups in total. The summed E-state index contributed by atoms with van der Waals surface area (Å²) in [6, 6.07) is 1.53. The Hall–Kier alpha value is -1.60. The Kier molecular flexibility index (Phi) is 5.31. The third kappa shape index (κ3) is 3.93. The molecular weight excluding hydrogens is 263 g/mol. The SMILES string of the molecule is CC(=O)NCCC(O)C(O)c1ccc(F)c(F)c1F. The molecule has 0 saturated carbocycles. The van der Waals surface area contributed by atoms with Crippen molar-refractivity contribution in [2.75, 3.05) is 6.54 Å². The van der Waals surface area contributed by atoms with Crippen molar-refractivity contribution in [1.82, 2.24) is 5.32 Å². The molecule has 106 valence electrons. The van der Waals surface area contributed by atoms with Gasteiger partial charge in [-0.3, -0.25) is 4.79 Å². The molecule has 0 saturated heterocycles. The number of hydrogen-bond acceptors (Lipinski definition) is 3. The van der Waals surface area contributed by atoms with Crippen molar-refractivity contribution in [2.24, 2.45) is 0 Å². The van der Waals surface area contributed by atoms with Crippen LogP contribution in [-0.4, -0.2) is 28.8 Å². The van der Waals surface area contributed by atoms with Crippen molar-refractivity contribution in [1.29, 1.82) is 0 Å². The first-order valence-corrected chi connectivity index (χ1v) is 5.58. The minimum Gasteiger partial charge on any atom is -0.390 e. The topological polar surface area (TPSA) is 69.6 Å². The number of carbonyl (C=O) groups excluding carboxylic acids is 1. The highest BCUT2D eigenvalue weighted by Gasteiger charge is 2.24. The summed E-state index contributed by atoms with van der Waals surface area (Å²) in [5.41, 5.74) is -0.533. The largest absolute Gasteiger partial charge is 0.390 e. The molecule has 0 aliphatic heterocycles. The number of amides is 1. The van der Waals surface area contributed by atoms with E-state index in [1.54, 1.807) is 0 Å². The van der Waals surface area contributed by atoms with Crippen LogP contribution in [0.25, 0.3) is 0 Å². The lowest BCUT2D eigenvalue weighted by Crippen LogP contribution is -2.28. The number of rotatable bonds is 5. The smallest absolute Gasteiger partial charge is 0.216 e. The maximum absolute atomic E-state index is 13.4. The van der Waals surface area contributed by atoms with E-state index in [1.165, 1.54) is 6.92 Å². The third-order valence-corrected chi connectivity index (χ3v) is 2.56. The van der Waals surface area contributed by atoms with Crippen molar-refractivity contribution in [2.45, 2.75) is 25.6 Å². The molecule has 0 aliphatic rings. The summed E-state index contributed by atoms with van der Waals surface area (Å²) in [5.74, 6) is -4.93. The number of benzene rings is 1. The van der Waals surface area contributed by atoms with Crippen LogP contribution in [-0.2, 0) is 4.79 Å². The molecule has 1 amide bonds. The van der Waals surface area contributed by atoms with Gasteiger partial charge in [-0.2, -0.15) is 0 Å². The van der Waals surface area contributed by atoms with Gasteiger partial charge in [0.2, 0.25) is 5.91 Å². The lowest BCUT2D eigenvalue weighted by molar-refractivity contribution is -0.119. The first-order chi connectivity index (χ1) is 8.84. The quantitative estimate of drug-likeness (QED) is 0.704. The van der Waals surface area contributed by atoms with Crippen LogP contribution in [0.5, 0.6) is 0 Å². The molecule has 1 aromatic rings. The molecule has 19 heavy (non-hydrogen) atoms. The molecule has 0 radical (unpaired) electrons. The Balaban J connectivity index is 2.74. The minimum atomic E-state index is -1.70. The van der Waals surface area contributed by atoms with Crippen LogP contribution >= 0.6 is 0 Å². The lowest BCUT2D eigenvalue weighted by Gasteiger charge is -2.19. The highest BCUT2D eigenvalue weighted by atomic mass is 19.2. The fraction of sp³-hybridized carbons (Fsp3) is 0.417. The lowest BCUT2D eigenvalue weighted by atomic mass is 10.0. The molecule has 0 aliphatic carbocycles. The second-order valence-electron chi connectivity index (χ2n) is 4.05. The summed E-state index contributed by atoms with van der Waals surface area (Å²) >= 11 is 0. The van der Waals surface area contributed by atoms with E-state index in [0.29, 0.717) is 6.07 Å². The van der Waals surface area contributed by atoms with Gasteiger partial charge >= 0.3 is 0 Å². The molecule has 0 aromatic heterocycles. The van der Waals surface area contributed by atoms with Crippen molar-refractivity contribution >= 4 is 5.91 Å². The highest BCUT2D eigenvalue weighted by molar-refractivity contribution is 5.72. The van der Waals surface area contributed by atoms with E-state index >= 15 is 0 Å². The second-order valence-corrected chi connectivity index (χ2v) is 4.05. The van der Waals surface area contributed by atoms with Crippen LogP contribution in [0.2, 0.25) is 0 Å². The predicted octanol–water partition coefficient (Wildman–Crippen LogP) is 1.02. The molecule has 1 aromatic carbocycles. The van der Waals surface area contributed by atoms with Crippen LogP contribution in [0, 0.1) is 17.5 Å². The average molecular weight is 277 g/mol. The first kappa shape index (κ1) is 15.5. The Morgan fingerprint density at radius 1 is 1.26 bits per heavy atom. The molecule has 0 heterocycles. The summed E-state index contributed by atoms with van der Waals surface area (Å²) in [4.78, 5) is 10.6. The Morgan fingerprint density at radius 2 is 1.89 bits per heavy atom. The van der Waals surface area contributed by atoms with Crippen molar-refractivity contribution in [3.05, 3.63) is 35.1 Å². The van der Waals surface area contributed by atoms with E-state index in [4.69, 9.17) is 0 Å². The zero-order chi connectivity index (χ0) is 14.6. The van der Waals surface area contributed by atoms with Gasteiger partial charge in [-0.25, -0.2) is 13.2 Å². The minimum absolute atomic E-state index is 0.0564. The van der Waals surface area contributed by atoms with Crippen LogP contribution in [0.3, 0.4) is 0 Å². The Bertz CT molecular complexity index is 468. The summed E-state index contributed by atoms with van der Waals surface area (Å²) in [6.07, 6.45) is -3.17. The van der Waals surface area contributed by atoms with Crippen LogP contribution in [0.15, 0.2) is 12.1 Å². The molecule has 0 spiro atoms. The van der Waals surface area contributed by atoms with Crippen LogP contribution in [0.4, 0.5) is 13.2 Å². The van der Waals surface area contributed by atoms with Gasteiger partial charge in [-0.1, -0.05) is 6.07 Å². The Labute approximate surface area is 107 Å². The zero-order valence-corrected chi connectivity index (χ0v) is 10.2. The van der Waals surface area contributed by atoms with Crippen LogP contribution < -0.4 is 5.32 Å². The van der Waals surface area contributed by atoms with Crippen molar-refractivity contribution in [3.8, 4) is 0 Å². The average Bonchev–Trinajstić information content (AvgIpc) is 2.35.